The summed E-state index contributed by atoms with van der Waals surface area (Å²) in [5.41, 5.74) is 1.10. The van der Waals surface area contributed by atoms with Gasteiger partial charge in [0.2, 0.25) is 0 Å². The van der Waals surface area contributed by atoms with E-state index in [4.69, 9.17) is 5.11 Å². The minimum Gasteiger partial charge on any atom is -0.384 e. The predicted molar refractivity (Wildman–Crippen MR) is 81.2 cm³/mol. The van der Waals surface area contributed by atoms with E-state index in [1.54, 1.807) is 11.3 Å². The first-order valence-electron chi connectivity index (χ1n) is 7.25. The van der Waals surface area contributed by atoms with Gasteiger partial charge in [-0.3, -0.25) is 4.90 Å². The molecule has 2 nitrogen and oxygen atoms in total. The number of piperidine rings is 1. The fourth-order valence-corrected chi connectivity index (χ4v) is 3.68. The predicted octanol–water partition coefficient (Wildman–Crippen LogP) is 3.25. The number of hydrogen-bond donors (Lipinski definition) is 1. The summed E-state index contributed by atoms with van der Waals surface area (Å²) in [6, 6.07) is 2.82. The van der Waals surface area contributed by atoms with Crippen LogP contribution in [-0.4, -0.2) is 29.2 Å². The number of aliphatic hydroxyl groups excluding tert-OH is 1. The molecule has 1 fully saturated rings. The third kappa shape index (κ3) is 4.07. The molecule has 19 heavy (non-hydrogen) atoms. The van der Waals surface area contributed by atoms with E-state index in [0.717, 1.165) is 18.2 Å². The molecule has 2 rings (SSSR count). The lowest BCUT2D eigenvalue weighted by Gasteiger charge is -2.35. The molecule has 1 atom stereocenters. The van der Waals surface area contributed by atoms with Gasteiger partial charge in [0.1, 0.15) is 6.61 Å². The Morgan fingerprint density at radius 2 is 2.37 bits per heavy atom. The van der Waals surface area contributed by atoms with Crippen LogP contribution in [0.4, 0.5) is 0 Å². The van der Waals surface area contributed by atoms with Crippen molar-refractivity contribution >= 4 is 11.3 Å². The van der Waals surface area contributed by atoms with Gasteiger partial charge in [-0.25, -0.2) is 0 Å². The van der Waals surface area contributed by atoms with Crippen LogP contribution in [0.15, 0.2) is 11.4 Å². The van der Waals surface area contributed by atoms with Crippen molar-refractivity contribution in [2.24, 2.45) is 0 Å². The lowest BCUT2D eigenvalue weighted by atomic mass is 9.98. The summed E-state index contributed by atoms with van der Waals surface area (Å²) < 4.78 is 0. The quantitative estimate of drug-likeness (QED) is 0.854. The maximum Gasteiger partial charge on any atom is 0.104 e. The van der Waals surface area contributed by atoms with Crippen molar-refractivity contribution in [2.45, 2.75) is 51.6 Å². The van der Waals surface area contributed by atoms with Crippen molar-refractivity contribution in [1.29, 1.82) is 0 Å². The molecule has 0 saturated carbocycles. The lowest BCUT2D eigenvalue weighted by molar-refractivity contribution is 0.133. The van der Waals surface area contributed by atoms with Crippen LogP contribution < -0.4 is 0 Å². The molecule has 1 aliphatic rings. The van der Waals surface area contributed by atoms with Crippen LogP contribution in [0, 0.1) is 11.8 Å². The second kappa shape index (κ2) is 7.69. The molecule has 0 aliphatic carbocycles. The van der Waals surface area contributed by atoms with E-state index in [1.165, 1.54) is 43.5 Å². The van der Waals surface area contributed by atoms with Crippen LogP contribution in [0.5, 0.6) is 0 Å². The molecule has 0 aromatic carbocycles. The Morgan fingerprint density at radius 3 is 3.16 bits per heavy atom. The zero-order valence-corrected chi connectivity index (χ0v) is 12.5. The average Bonchev–Trinajstić information content (AvgIpc) is 2.86. The molecule has 1 aliphatic heterocycles. The highest BCUT2D eigenvalue weighted by atomic mass is 32.1. The van der Waals surface area contributed by atoms with Crippen LogP contribution in [0.2, 0.25) is 0 Å². The van der Waals surface area contributed by atoms with Gasteiger partial charge in [-0.15, -0.1) is 11.3 Å². The number of thiophene rings is 1. The topological polar surface area (TPSA) is 23.5 Å². The van der Waals surface area contributed by atoms with Crippen molar-refractivity contribution in [3.63, 3.8) is 0 Å². The molecule has 1 unspecified atom stereocenters. The molecule has 2 heterocycles. The Bertz CT molecular complexity index is 441. The lowest BCUT2D eigenvalue weighted by Crippen LogP contribution is -2.38. The molecule has 1 aromatic rings. The fourth-order valence-electron chi connectivity index (χ4n) is 2.82. The molecule has 104 valence electrons. The first-order chi connectivity index (χ1) is 9.35. The first-order valence-corrected chi connectivity index (χ1v) is 8.13. The molecular formula is C16H23NOS. The van der Waals surface area contributed by atoms with Crippen LogP contribution >= 0.6 is 11.3 Å². The number of hydrogen-bond acceptors (Lipinski definition) is 3. The molecular weight excluding hydrogens is 254 g/mol. The number of rotatable bonds is 4. The van der Waals surface area contributed by atoms with Crippen molar-refractivity contribution in [3.05, 3.63) is 21.9 Å². The molecule has 1 N–H and O–H groups in total. The van der Waals surface area contributed by atoms with Crippen molar-refractivity contribution in [2.75, 3.05) is 13.2 Å². The van der Waals surface area contributed by atoms with Crippen LogP contribution in [-0.2, 0) is 6.54 Å². The number of likely N-dealkylation sites (tertiary alicyclic amines) is 1. The molecule has 0 spiro atoms. The third-order valence-electron chi connectivity index (χ3n) is 3.77. The first kappa shape index (κ1) is 14.6. The molecule has 0 bridgehead atoms. The Balaban J connectivity index is 2.04. The highest BCUT2D eigenvalue weighted by Crippen LogP contribution is 2.26. The fraction of sp³-hybridized carbons (Fsp3) is 0.625. The summed E-state index contributed by atoms with van der Waals surface area (Å²) in [7, 11) is 0. The summed E-state index contributed by atoms with van der Waals surface area (Å²) in [4.78, 5) is 3.98. The van der Waals surface area contributed by atoms with E-state index >= 15 is 0 Å². The molecule has 0 radical (unpaired) electrons. The van der Waals surface area contributed by atoms with Crippen LogP contribution in [0.1, 0.15) is 49.5 Å². The van der Waals surface area contributed by atoms with Gasteiger partial charge in [-0.1, -0.05) is 31.6 Å². The zero-order valence-electron chi connectivity index (χ0n) is 11.7. The SMILES string of the molecule is CCCC1CCCCN1Cc1sccc1C#CCO. The highest BCUT2D eigenvalue weighted by Gasteiger charge is 2.22. The van der Waals surface area contributed by atoms with E-state index in [-0.39, 0.29) is 6.61 Å². The molecule has 3 heteroatoms. The zero-order chi connectivity index (χ0) is 13.5. The summed E-state index contributed by atoms with van der Waals surface area (Å²) in [5.74, 6) is 5.82. The van der Waals surface area contributed by atoms with Gasteiger partial charge in [-0.2, -0.15) is 0 Å². The maximum absolute atomic E-state index is 8.81. The smallest absolute Gasteiger partial charge is 0.104 e. The Labute approximate surface area is 120 Å². The number of nitrogens with zero attached hydrogens (tertiary/aromatic N) is 1. The average molecular weight is 277 g/mol. The minimum absolute atomic E-state index is 0.0581. The summed E-state index contributed by atoms with van der Waals surface area (Å²) in [5, 5.41) is 10.9. The van der Waals surface area contributed by atoms with E-state index in [1.807, 2.05) is 0 Å². The Kier molecular flexibility index (Phi) is 5.91. The molecule has 1 aromatic heterocycles. The van der Waals surface area contributed by atoms with Crippen LogP contribution in [0.25, 0.3) is 0 Å². The normalized spacial score (nSPS) is 20.0. The minimum atomic E-state index is -0.0581. The third-order valence-corrected chi connectivity index (χ3v) is 4.67. The van der Waals surface area contributed by atoms with E-state index in [0.29, 0.717) is 0 Å². The van der Waals surface area contributed by atoms with E-state index in [2.05, 4.69) is 35.1 Å². The van der Waals surface area contributed by atoms with Gasteiger partial charge in [0.05, 0.1) is 0 Å². The van der Waals surface area contributed by atoms with Crippen LogP contribution in [0.3, 0.4) is 0 Å². The van der Waals surface area contributed by atoms with Crippen molar-refractivity contribution < 1.29 is 5.11 Å². The van der Waals surface area contributed by atoms with Crippen molar-refractivity contribution in [3.8, 4) is 11.8 Å². The van der Waals surface area contributed by atoms with E-state index in [9.17, 15) is 0 Å². The Hall–Kier alpha value is -0.820. The van der Waals surface area contributed by atoms with Gasteiger partial charge >= 0.3 is 0 Å². The molecule has 0 amide bonds. The maximum atomic E-state index is 8.81. The van der Waals surface area contributed by atoms with Gasteiger partial charge in [0.15, 0.2) is 0 Å². The summed E-state index contributed by atoms with van der Waals surface area (Å²) >= 11 is 1.79. The molecule has 1 saturated heterocycles. The summed E-state index contributed by atoms with van der Waals surface area (Å²) in [6.07, 6.45) is 6.62. The van der Waals surface area contributed by atoms with Gasteiger partial charge in [0, 0.05) is 23.0 Å². The monoisotopic (exact) mass is 277 g/mol. The largest absolute Gasteiger partial charge is 0.384 e. The second-order valence-corrected chi connectivity index (χ2v) is 6.13. The standard InChI is InChI=1S/C16H23NOS/c1-2-6-15-8-3-4-10-17(15)13-16-14(7-5-11-18)9-12-19-16/h9,12,15,18H,2-4,6,8,10-11,13H2,1H3. The Morgan fingerprint density at radius 1 is 1.47 bits per heavy atom. The van der Waals surface area contributed by atoms with Crippen molar-refractivity contribution in [1.82, 2.24) is 4.90 Å². The highest BCUT2D eigenvalue weighted by molar-refractivity contribution is 7.10. The van der Waals surface area contributed by atoms with E-state index < -0.39 is 0 Å². The second-order valence-electron chi connectivity index (χ2n) is 5.13. The van der Waals surface area contributed by atoms with Gasteiger partial charge in [0.25, 0.3) is 0 Å². The van der Waals surface area contributed by atoms with Gasteiger partial charge < -0.3 is 5.11 Å². The number of aliphatic hydroxyl groups is 1. The summed E-state index contributed by atoms with van der Waals surface area (Å²) in [6.45, 7) is 4.46. The van der Waals surface area contributed by atoms with Gasteiger partial charge in [-0.05, 0) is 37.3 Å².